The van der Waals surface area contributed by atoms with Crippen LogP contribution in [0.2, 0.25) is 0 Å². The highest BCUT2D eigenvalue weighted by molar-refractivity contribution is 6.02. The molecule has 0 unspecified atom stereocenters. The quantitative estimate of drug-likeness (QED) is 0.522. The fourth-order valence-electron chi connectivity index (χ4n) is 2.36. The van der Waals surface area contributed by atoms with E-state index in [1.807, 2.05) is 6.07 Å². The number of ether oxygens (including phenoxy) is 2. The standard InChI is InChI=1S/C17H15N3O5/c1-11(12-6-2-3-7-13(12)20(22)23)18-19-17(21)16-10-24-14-8-4-5-9-15(14)25-16/h2-9,16H,10H2,1H3,(H,19,21)/b18-11-/t16-/m1/s1. The summed E-state index contributed by atoms with van der Waals surface area (Å²) in [5, 5.41) is 15.0. The van der Waals surface area contributed by atoms with E-state index in [-0.39, 0.29) is 12.3 Å². The molecule has 0 saturated carbocycles. The molecule has 2 aromatic carbocycles. The average Bonchev–Trinajstić information content (AvgIpc) is 2.65. The summed E-state index contributed by atoms with van der Waals surface area (Å²) < 4.78 is 11.1. The van der Waals surface area contributed by atoms with E-state index in [0.717, 1.165) is 0 Å². The molecule has 1 N–H and O–H groups in total. The number of hydrogen-bond acceptors (Lipinski definition) is 6. The number of rotatable bonds is 4. The summed E-state index contributed by atoms with van der Waals surface area (Å²) in [5.41, 5.74) is 2.94. The van der Waals surface area contributed by atoms with Crippen molar-refractivity contribution in [2.75, 3.05) is 6.61 Å². The first-order valence-electron chi connectivity index (χ1n) is 7.52. The Morgan fingerprint density at radius 3 is 2.64 bits per heavy atom. The molecule has 0 aromatic heterocycles. The van der Waals surface area contributed by atoms with E-state index in [1.54, 1.807) is 43.3 Å². The lowest BCUT2D eigenvalue weighted by Gasteiger charge is -2.24. The zero-order valence-corrected chi connectivity index (χ0v) is 13.3. The molecule has 8 heteroatoms. The van der Waals surface area contributed by atoms with Gasteiger partial charge >= 0.3 is 0 Å². The fraction of sp³-hybridized carbons (Fsp3) is 0.176. The summed E-state index contributed by atoms with van der Waals surface area (Å²) in [6, 6.07) is 13.2. The van der Waals surface area contributed by atoms with Gasteiger partial charge in [0.25, 0.3) is 11.6 Å². The Morgan fingerprint density at radius 1 is 1.20 bits per heavy atom. The maximum absolute atomic E-state index is 12.2. The van der Waals surface area contributed by atoms with Crippen molar-refractivity contribution in [1.82, 2.24) is 5.43 Å². The van der Waals surface area contributed by atoms with Crippen molar-refractivity contribution >= 4 is 17.3 Å². The van der Waals surface area contributed by atoms with Crippen LogP contribution < -0.4 is 14.9 Å². The predicted octanol–water partition coefficient (Wildman–Crippen LogP) is 2.27. The summed E-state index contributed by atoms with van der Waals surface area (Å²) in [4.78, 5) is 22.8. The van der Waals surface area contributed by atoms with Gasteiger partial charge in [0.1, 0.15) is 6.61 Å². The third-order valence-corrected chi connectivity index (χ3v) is 3.63. The predicted molar refractivity (Wildman–Crippen MR) is 89.8 cm³/mol. The van der Waals surface area contributed by atoms with Gasteiger partial charge in [0.15, 0.2) is 11.5 Å². The Kier molecular flexibility index (Phi) is 4.60. The van der Waals surface area contributed by atoms with E-state index < -0.39 is 16.9 Å². The fourth-order valence-corrected chi connectivity index (χ4v) is 2.36. The number of nitro benzene ring substituents is 1. The van der Waals surface area contributed by atoms with Crippen LogP contribution in [0, 0.1) is 10.1 Å². The third-order valence-electron chi connectivity index (χ3n) is 3.63. The molecule has 0 saturated heterocycles. The molecule has 1 atom stereocenters. The maximum Gasteiger partial charge on any atom is 0.284 e. The molecule has 0 bridgehead atoms. The topological polar surface area (TPSA) is 103 Å². The van der Waals surface area contributed by atoms with Gasteiger partial charge in [0, 0.05) is 6.07 Å². The number of benzene rings is 2. The Bertz CT molecular complexity index is 850. The first-order valence-corrected chi connectivity index (χ1v) is 7.52. The molecule has 1 amide bonds. The van der Waals surface area contributed by atoms with Crippen molar-refractivity contribution in [3.8, 4) is 11.5 Å². The molecule has 0 fully saturated rings. The summed E-state index contributed by atoms with van der Waals surface area (Å²) in [6.45, 7) is 1.64. The Hall–Kier alpha value is -3.42. The van der Waals surface area contributed by atoms with E-state index >= 15 is 0 Å². The van der Waals surface area contributed by atoms with Gasteiger partial charge in [0.05, 0.1) is 16.2 Å². The van der Waals surface area contributed by atoms with Gasteiger partial charge in [0.2, 0.25) is 6.10 Å². The molecule has 1 heterocycles. The molecular formula is C17H15N3O5. The van der Waals surface area contributed by atoms with Crippen LogP contribution >= 0.6 is 0 Å². The van der Waals surface area contributed by atoms with Crippen LogP contribution in [0.3, 0.4) is 0 Å². The highest BCUT2D eigenvalue weighted by Gasteiger charge is 2.27. The zero-order chi connectivity index (χ0) is 17.8. The Balaban J connectivity index is 1.70. The molecule has 3 rings (SSSR count). The molecule has 1 aliphatic heterocycles. The number of para-hydroxylation sites is 3. The lowest BCUT2D eigenvalue weighted by molar-refractivity contribution is -0.385. The second-order valence-electron chi connectivity index (χ2n) is 5.31. The second kappa shape index (κ2) is 7.00. The number of nitro groups is 1. The highest BCUT2D eigenvalue weighted by Crippen LogP contribution is 2.30. The van der Waals surface area contributed by atoms with Crippen LogP contribution in [0.4, 0.5) is 5.69 Å². The Labute approximate surface area is 143 Å². The minimum atomic E-state index is -0.850. The number of hydrazone groups is 1. The van der Waals surface area contributed by atoms with Gasteiger partial charge in [-0.2, -0.15) is 5.10 Å². The van der Waals surface area contributed by atoms with E-state index in [0.29, 0.717) is 22.8 Å². The van der Waals surface area contributed by atoms with Crippen molar-refractivity contribution in [2.24, 2.45) is 5.10 Å². The van der Waals surface area contributed by atoms with Crippen LogP contribution in [-0.2, 0) is 4.79 Å². The first kappa shape index (κ1) is 16.4. The smallest absolute Gasteiger partial charge is 0.284 e. The Morgan fingerprint density at radius 2 is 1.88 bits per heavy atom. The van der Waals surface area contributed by atoms with E-state index in [9.17, 15) is 14.9 Å². The molecule has 2 aromatic rings. The van der Waals surface area contributed by atoms with Crippen LogP contribution in [0.5, 0.6) is 11.5 Å². The molecular weight excluding hydrogens is 326 g/mol. The minimum absolute atomic E-state index is 0.0584. The monoisotopic (exact) mass is 341 g/mol. The molecule has 0 aliphatic carbocycles. The van der Waals surface area contributed by atoms with Crippen molar-refractivity contribution < 1.29 is 19.2 Å². The van der Waals surface area contributed by atoms with Crippen LogP contribution in [0.15, 0.2) is 53.6 Å². The SMILES string of the molecule is C/C(=N/NC(=O)[C@H]1COc2ccccc2O1)c1ccccc1[N+](=O)[O-]. The van der Waals surface area contributed by atoms with Gasteiger partial charge < -0.3 is 9.47 Å². The average molecular weight is 341 g/mol. The van der Waals surface area contributed by atoms with Gasteiger partial charge in [-0.3, -0.25) is 14.9 Å². The third kappa shape index (κ3) is 3.57. The molecule has 25 heavy (non-hydrogen) atoms. The summed E-state index contributed by atoms with van der Waals surface area (Å²) >= 11 is 0. The minimum Gasteiger partial charge on any atom is -0.485 e. The number of fused-ring (bicyclic) bond motifs is 1. The molecule has 0 radical (unpaired) electrons. The van der Waals surface area contributed by atoms with E-state index in [1.165, 1.54) is 6.07 Å². The van der Waals surface area contributed by atoms with E-state index in [4.69, 9.17) is 9.47 Å². The van der Waals surface area contributed by atoms with Crippen molar-refractivity contribution in [3.63, 3.8) is 0 Å². The lowest BCUT2D eigenvalue weighted by Crippen LogP contribution is -2.42. The summed E-state index contributed by atoms with van der Waals surface area (Å²) in [6.07, 6.45) is -0.850. The highest BCUT2D eigenvalue weighted by atomic mass is 16.6. The largest absolute Gasteiger partial charge is 0.485 e. The lowest BCUT2D eigenvalue weighted by atomic mass is 10.1. The van der Waals surface area contributed by atoms with E-state index in [2.05, 4.69) is 10.5 Å². The summed E-state index contributed by atoms with van der Waals surface area (Å²) in [5.74, 6) is 0.562. The van der Waals surface area contributed by atoms with Crippen molar-refractivity contribution in [3.05, 3.63) is 64.2 Å². The molecule has 128 valence electrons. The van der Waals surface area contributed by atoms with Gasteiger partial charge in [-0.05, 0) is 25.1 Å². The van der Waals surface area contributed by atoms with Crippen LogP contribution in [0.1, 0.15) is 12.5 Å². The molecule has 0 spiro atoms. The number of hydrogen-bond donors (Lipinski definition) is 1. The number of carbonyl (C=O) groups excluding carboxylic acids is 1. The number of carbonyl (C=O) groups is 1. The first-order chi connectivity index (χ1) is 12.1. The zero-order valence-electron chi connectivity index (χ0n) is 13.3. The number of amides is 1. The van der Waals surface area contributed by atoms with Crippen molar-refractivity contribution in [2.45, 2.75) is 13.0 Å². The van der Waals surface area contributed by atoms with Gasteiger partial charge in [-0.1, -0.05) is 24.3 Å². The van der Waals surface area contributed by atoms with Gasteiger partial charge in [-0.25, -0.2) is 5.43 Å². The van der Waals surface area contributed by atoms with Gasteiger partial charge in [-0.15, -0.1) is 0 Å². The normalized spacial score (nSPS) is 16.2. The molecule has 1 aliphatic rings. The second-order valence-corrected chi connectivity index (χ2v) is 5.31. The van der Waals surface area contributed by atoms with Crippen LogP contribution in [0.25, 0.3) is 0 Å². The molecule has 8 nitrogen and oxygen atoms in total. The maximum atomic E-state index is 12.2. The van der Waals surface area contributed by atoms with Crippen molar-refractivity contribution in [1.29, 1.82) is 0 Å². The number of nitrogens with one attached hydrogen (secondary N) is 1. The van der Waals surface area contributed by atoms with Crippen LogP contribution in [-0.4, -0.2) is 29.3 Å². The summed E-state index contributed by atoms with van der Waals surface area (Å²) in [7, 11) is 0. The number of nitrogens with zero attached hydrogens (tertiary/aromatic N) is 2.